The lowest BCUT2D eigenvalue weighted by atomic mass is 10.0. The average molecular weight is 538 g/mol. The van der Waals surface area contributed by atoms with Crippen molar-refractivity contribution in [3.05, 3.63) is 0 Å². The summed E-state index contributed by atoms with van der Waals surface area (Å²) in [5.74, 6) is 0.223. The smallest absolute Gasteiger partial charge is 0.219 e. The molecule has 38 heavy (non-hydrogen) atoms. The van der Waals surface area contributed by atoms with Gasteiger partial charge in [-0.3, -0.25) is 4.79 Å². The van der Waals surface area contributed by atoms with Crippen LogP contribution >= 0.6 is 0 Å². The highest BCUT2D eigenvalue weighted by molar-refractivity contribution is 5.75. The number of nitrogens with one attached hydrogen (secondary N) is 1. The van der Waals surface area contributed by atoms with Crippen LogP contribution in [-0.4, -0.2) is 25.2 Å². The Bertz CT molecular complexity index is 453. The molecule has 0 aliphatic heterocycles. The molecule has 3 heteroatoms. The van der Waals surface area contributed by atoms with Crippen LogP contribution in [0.25, 0.3) is 0 Å². The number of ether oxygens (including phenoxy) is 1. The summed E-state index contributed by atoms with van der Waals surface area (Å²) in [5.41, 5.74) is 0. The summed E-state index contributed by atoms with van der Waals surface area (Å²) in [6.45, 7) is 8.34. The fourth-order valence-electron chi connectivity index (χ4n) is 5.38. The summed E-state index contributed by atoms with van der Waals surface area (Å²) in [6.07, 6.45) is 37.2. The highest BCUT2D eigenvalue weighted by atomic mass is 16.5. The van der Waals surface area contributed by atoms with Crippen molar-refractivity contribution >= 4 is 5.91 Å². The third-order valence-electron chi connectivity index (χ3n) is 8.09. The van der Waals surface area contributed by atoms with Crippen molar-refractivity contribution in [1.29, 1.82) is 0 Å². The van der Waals surface area contributed by atoms with E-state index in [1.165, 1.54) is 154 Å². The van der Waals surface area contributed by atoms with E-state index >= 15 is 0 Å². The molecular formula is C35H71NO2. The SMILES string of the molecule is CCCCCCCCCCCCCCCC(=O)NCCCOC(CC)CCCCCCCCCCCCC. The van der Waals surface area contributed by atoms with Gasteiger partial charge in [0, 0.05) is 19.6 Å². The molecule has 0 saturated carbocycles. The maximum absolute atomic E-state index is 12.1. The molecule has 1 atom stereocenters. The molecule has 0 aromatic heterocycles. The van der Waals surface area contributed by atoms with Crippen LogP contribution < -0.4 is 5.32 Å². The van der Waals surface area contributed by atoms with Gasteiger partial charge >= 0.3 is 0 Å². The fourth-order valence-corrected chi connectivity index (χ4v) is 5.38. The minimum Gasteiger partial charge on any atom is -0.378 e. The van der Waals surface area contributed by atoms with Gasteiger partial charge in [-0.05, 0) is 25.7 Å². The van der Waals surface area contributed by atoms with E-state index in [9.17, 15) is 4.79 Å². The maximum Gasteiger partial charge on any atom is 0.219 e. The van der Waals surface area contributed by atoms with Crippen LogP contribution in [0.1, 0.15) is 201 Å². The van der Waals surface area contributed by atoms with Gasteiger partial charge in [0.2, 0.25) is 5.91 Å². The quantitative estimate of drug-likeness (QED) is 0.0866. The largest absolute Gasteiger partial charge is 0.378 e. The number of carbonyl (C=O) groups excluding carboxylic acids is 1. The second-order valence-corrected chi connectivity index (χ2v) is 11.9. The van der Waals surface area contributed by atoms with E-state index in [2.05, 4.69) is 26.1 Å². The van der Waals surface area contributed by atoms with E-state index in [1.54, 1.807) is 0 Å². The average Bonchev–Trinajstić information content (AvgIpc) is 2.92. The summed E-state index contributed by atoms with van der Waals surface area (Å²) < 4.78 is 6.10. The van der Waals surface area contributed by atoms with E-state index in [-0.39, 0.29) is 5.91 Å². The van der Waals surface area contributed by atoms with Crippen molar-refractivity contribution in [2.75, 3.05) is 13.2 Å². The van der Waals surface area contributed by atoms with Crippen LogP contribution in [0.4, 0.5) is 0 Å². The zero-order chi connectivity index (χ0) is 27.8. The second-order valence-electron chi connectivity index (χ2n) is 11.9. The van der Waals surface area contributed by atoms with Gasteiger partial charge in [0.1, 0.15) is 0 Å². The highest BCUT2D eigenvalue weighted by Crippen LogP contribution is 2.15. The molecule has 0 aliphatic carbocycles. The van der Waals surface area contributed by atoms with E-state index in [4.69, 9.17) is 4.74 Å². The molecule has 1 N–H and O–H groups in total. The third-order valence-corrected chi connectivity index (χ3v) is 8.09. The molecule has 3 nitrogen and oxygen atoms in total. The molecule has 0 fully saturated rings. The summed E-state index contributed by atoms with van der Waals surface area (Å²) in [5, 5.41) is 3.09. The minimum absolute atomic E-state index is 0.223. The van der Waals surface area contributed by atoms with Crippen LogP contribution in [0.2, 0.25) is 0 Å². The number of carbonyl (C=O) groups is 1. The van der Waals surface area contributed by atoms with Crippen LogP contribution in [0.5, 0.6) is 0 Å². The zero-order valence-electron chi connectivity index (χ0n) is 26.6. The van der Waals surface area contributed by atoms with E-state index in [1.807, 2.05) is 0 Å². The molecule has 0 rings (SSSR count). The van der Waals surface area contributed by atoms with Crippen molar-refractivity contribution in [2.24, 2.45) is 0 Å². The second kappa shape index (κ2) is 32.6. The molecule has 0 radical (unpaired) electrons. The number of hydrogen-bond donors (Lipinski definition) is 1. The normalized spacial score (nSPS) is 12.2. The molecule has 0 saturated heterocycles. The monoisotopic (exact) mass is 538 g/mol. The van der Waals surface area contributed by atoms with Gasteiger partial charge < -0.3 is 10.1 Å². The first kappa shape index (κ1) is 37.4. The van der Waals surface area contributed by atoms with Crippen LogP contribution in [0, 0.1) is 0 Å². The van der Waals surface area contributed by atoms with E-state index < -0.39 is 0 Å². The van der Waals surface area contributed by atoms with Crippen molar-refractivity contribution in [2.45, 2.75) is 207 Å². The Morgan fingerprint density at radius 2 is 0.921 bits per heavy atom. The van der Waals surface area contributed by atoms with Gasteiger partial charge in [-0.2, -0.15) is 0 Å². The lowest BCUT2D eigenvalue weighted by molar-refractivity contribution is -0.121. The third kappa shape index (κ3) is 30.0. The molecule has 0 spiro atoms. The Labute approximate surface area is 240 Å². The first-order valence-corrected chi connectivity index (χ1v) is 17.6. The van der Waals surface area contributed by atoms with E-state index in [0.29, 0.717) is 12.5 Å². The number of unbranched alkanes of at least 4 members (excludes halogenated alkanes) is 22. The van der Waals surface area contributed by atoms with Crippen LogP contribution in [0.3, 0.4) is 0 Å². The summed E-state index contributed by atoms with van der Waals surface area (Å²) >= 11 is 0. The van der Waals surface area contributed by atoms with Gasteiger partial charge in [0.15, 0.2) is 0 Å². The highest BCUT2D eigenvalue weighted by Gasteiger charge is 2.07. The van der Waals surface area contributed by atoms with Gasteiger partial charge in [0.05, 0.1) is 6.10 Å². The standard InChI is InChI=1S/C35H71NO2/c1-4-7-9-11-13-15-17-18-20-22-24-26-28-31-35(37)36-32-29-33-38-34(6-3)30-27-25-23-21-19-16-14-12-10-8-5-2/h34H,4-33H2,1-3H3,(H,36,37). The molecule has 0 aliphatic rings. The molecule has 0 heterocycles. The number of hydrogen-bond acceptors (Lipinski definition) is 2. The molecule has 1 unspecified atom stereocenters. The topological polar surface area (TPSA) is 38.3 Å². The Hall–Kier alpha value is -0.570. The van der Waals surface area contributed by atoms with Crippen molar-refractivity contribution in [1.82, 2.24) is 5.32 Å². The van der Waals surface area contributed by atoms with Gasteiger partial charge in [-0.25, -0.2) is 0 Å². The van der Waals surface area contributed by atoms with Crippen molar-refractivity contribution < 1.29 is 9.53 Å². The fraction of sp³-hybridized carbons (Fsp3) is 0.971. The molecule has 228 valence electrons. The van der Waals surface area contributed by atoms with Crippen LogP contribution in [0.15, 0.2) is 0 Å². The maximum atomic E-state index is 12.1. The Balaban J connectivity index is 3.37. The van der Waals surface area contributed by atoms with E-state index in [0.717, 1.165) is 32.4 Å². The lowest BCUT2D eigenvalue weighted by Crippen LogP contribution is -2.25. The van der Waals surface area contributed by atoms with Crippen LogP contribution in [-0.2, 0) is 9.53 Å². The number of rotatable bonds is 32. The first-order chi connectivity index (χ1) is 18.7. The molecule has 0 aromatic carbocycles. The first-order valence-electron chi connectivity index (χ1n) is 17.6. The predicted octanol–water partition coefficient (Wildman–Crippen LogP) is 11.5. The molecule has 0 bridgehead atoms. The number of amides is 1. The van der Waals surface area contributed by atoms with Gasteiger partial charge in [-0.1, -0.05) is 168 Å². The molecule has 0 aromatic rings. The zero-order valence-corrected chi connectivity index (χ0v) is 26.6. The Kier molecular flexibility index (Phi) is 32.2. The summed E-state index contributed by atoms with van der Waals surface area (Å²) in [7, 11) is 0. The van der Waals surface area contributed by atoms with Crippen molar-refractivity contribution in [3.8, 4) is 0 Å². The Morgan fingerprint density at radius 3 is 1.34 bits per heavy atom. The van der Waals surface area contributed by atoms with Gasteiger partial charge in [0.25, 0.3) is 0 Å². The van der Waals surface area contributed by atoms with Gasteiger partial charge in [-0.15, -0.1) is 0 Å². The predicted molar refractivity (Wildman–Crippen MR) is 169 cm³/mol. The Morgan fingerprint density at radius 1 is 0.526 bits per heavy atom. The lowest BCUT2D eigenvalue weighted by Gasteiger charge is -2.16. The molecule has 1 amide bonds. The minimum atomic E-state index is 0.223. The van der Waals surface area contributed by atoms with Crippen molar-refractivity contribution in [3.63, 3.8) is 0 Å². The summed E-state index contributed by atoms with van der Waals surface area (Å²) in [4.78, 5) is 12.1. The summed E-state index contributed by atoms with van der Waals surface area (Å²) in [6, 6.07) is 0. The molecular weight excluding hydrogens is 466 g/mol.